The van der Waals surface area contributed by atoms with Crippen LogP contribution in [0.3, 0.4) is 0 Å². The summed E-state index contributed by atoms with van der Waals surface area (Å²) in [7, 11) is -4.39. The van der Waals surface area contributed by atoms with Gasteiger partial charge in [-0.05, 0) is 81.0 Å². The molecule has 2 aliphatic rings. The molecule has 2 atom stereocenters. The minimum absolute atomic E-state index is 0.0449. The minimum Gasteiger partial charge on any atom is -0.495 e. The number of amides is 2. The van der Waals surface area contributed by atoms with E-state index >= 15 is 0 Å². The number of fused-ring (bicyclic) bond motifs is 6. The van der Waals surface area contributed by atoms with Crippen molar-refractivity contribution in [2.75, 3.05) is 49.5 Å². The van der Waals surface area contributed by atoms with E-state index in [9.17, 15) is 26.4 Å². The number of aromatic nitrogens is 6. The molecule has 0 spiro atoms. The van der Waals surface area contributed by atoms with E-state index in [-0.39, 0.29) is 35.2 Å². The summed E-state index contributed by atoms with van der Waals surface area (Å²) in [5.41, 5.74) is 7.50. The number of methoxy groups -OCH3 is 1. The van der Waals surface area contributed by atoms with Crippen molar-refractivity contribution < 1.29 is 31.2 Å². The van der Waals surface area contributed by atoms with Gasteiger partial charge in [0.15, 0.2) is 0 Å². The van der Waals surface area contributed by atoms with Crippen LogP contribution in [0.5, 0.6) is 5.75 Å². The number of hydrogen-bond acceptors (Lipinski definition) is 12. The fraction of sp³-hybridized carbons (Fsp3) is 0.474. The number of nitrogens with zero attached hydrogens (tertiary/aromatic N) is 4. The first-order valence-corrected chi connectivity index (χ1v) is 23.3. The van der Waals surface area contributed by atoms with Gasteiger partial charge >= 0.3 is 0 Å². The highest BCUT2D eigenvalue weighted by Crippen LogP contribution is 2.38. The molecule has 2 amide bonds. The Labute approximate surface area is 336 Å². The quantitative estimate of drug-likeness (QED) is 0.0839. The minimum atomic E-state index is -3.03. The van der Waals surface area contributed by atoms with Crippen LogP contribution in [-0.2, 0) is 54.9 Å². The molecule has 0 saturated carbocycles. The summed E-state index contributed by atoms with van der Waals surface area (Å²) in [5.74, 6) is 1.11. The van der Waals surface area contributed by atoms with Crippen LogP contribution in [0.1, 0.15) is 53.8 Å². The van der Waals surface area contributed by atoms with Crippen LogP contribution in [0.4, 0.5) is 11.5 Å². The van der Waals surface area contributed by atoms with E-state index in [1.54, 1.807) is 7.11 Å². The number of ether oxygens (including phenoxy) is 1. The molecule has 0 fully saturated rings. The van der Waals surface area contributed by atoms with E-state index < -0.39 is 19.7 Å². The predicted molar refractivity (Wildman–Crippen MR) is 220 cm³/mol. The summed E-state index contributed by atoms with van der Waals surface area (Å²) >= 11 is 6.18. The number of aryl methyl sites for hydroxylation is 3. The van der Waals surface area contributed by atoms with E-state index in [0.717, 1.165) is 81.6 Å². The van der Waals surface area contributed by atoms with Gasteiger partial charge in [0, 0.05) is 48.8 Å². The highest BCUT2D eigenvalue weighted by molar-refractivity contribution is 7.90. The molecule has 5 N–H and O–H groups in total. The zero-order chi connectivity index (χ0) is 40.9. The molecule has 306 valence electrons. The topological polar surface area (TPSA) is 231 Å². The number of halogens is 1. The van der Waals surface area contributed by atoms with Gasteiger partial charge in [-0.3, -0.25) is 9.59 Å². The van der Waals surface area contributed by atoms with Gasteiger partial charge in [-0.25, -0.2) is 36.8 Å². The van der Waals surface area contributed by atoms with Gasteiger partial charge in [0.1, 0.15) is 60.3 Å². The second-order valence-electron chi connectivity index (χ2n) is 14.7. The Bertz CT molecular complexity index is 2500. The number of H-pyrrole nitrogens is 2. The molecule has 19 heteroatoms. The number of sulfone groups is 2. The summed E-state index contributed by atoms with van der Waals surface area (Å²) in [6.45, 7) is 2.72. The third kappa shape index (κ3) is 10.4. The Morgan fingerprint density at radius 1 is 0.807 bits per heavy atom. The number of rotatable bonds is 13. The highest BCUT2D eigenvalue weighted by atomic mass is 35.5. The van der Waals surface area contributed by atoms with E-state index in [1.165, 1.54) is 25.2 Å². The molecular weight excluding hydrogens is 794 g/mol. The SMILES string of the molecule is COc1cccc(C)c1Nc1ncnc2[nH]c3c(c12)CC(C(=O)NCCCS(C)(=O)=O)CC3.CS(=O)(=O)CCCNC(=O)C1CCc2[nH]c3ncnc(Cl)c3c2C1. The van der Waals surface area contributed by atoms with Crippen molar-refractivity contribution in [1.29, 1.82) is 0 Å². The van der Waals surface area contributed by atoms with Gasteiger partial charge in [0.2, 0.25) is 11.8 Å². The van der Waals surface area contributed by atoms with Gasteiger partial charge in [-0.1, -0.05) is 23.7 Å². The fourth-order valence-electron chi connectivity index (χ4n) is 7.45. The molecule has 16 nitrogen and oxygen atoms in total. The van der Waals surface area contributed by atoms with Gasteiger partial charge in [0.25, 0.3) is 0 Å². The van der Waals surface area contributed by atoms with E-state index in [0.29, 0.717) is 55.4 Å². The number of carbonyl (C=O) groups excluding carboxylic acids is 2. The Morgan fingerprint density at radius 2 is 1.33 bits per heavy atom. The number of carbonyl (C=O) groups is 2. The Balaban J connectivity index is 0.000000203. The normalized spacial score (nSPS) is 16.6. The maximum Gasteiger partial charge on any atom is 0.223 e. The lowest BCUT2D eigenvalue weighted by Gasteiger charge is -2.22. The van der Waals surface area contributed by atoms with E-state index in [4.69, 9.17) is 16.3 Å². The molecule has 4 aromatic heterocycles. The van der Waals surface area contributed by atoms with Gasteiger partial charge < -0.3 is 30.7 Å². The zero-order valence-electron chi connectivity index (χ0n) is 32.4. The Hall–Kier alpha value is -4.81. The lowest BCUT2D eigenvalue weighted by molar-refractivity contribution is -0.126. The molecule has 0 radical (unpaired) electrons. The number of hydrogen-bond donors (Lipinski definition) is 5. The monoisotopic (exact) mass is 841 g/mol. The van der Waals surface area contributed by atoms with Crippen molar-refractivity contribution >= 4 is 76.7 Å². The molecule has 0 saturated heterocycles. The summed E-state index contributed by atoms with van der Waals surface area (Å²) in [6.07, 6.45) is 10.3. The first kappa shape index (κ1) is 41.8. The Morgan fingerprint density at radius 3 is 1.88 bits per heavy atom. The second kappa shape index (κ2) is 17.8. The van der Waals surface area contributed by atoms with Crippen molar-refractivity contribution in [3.63, 3.8) is 0 Å². The fourth-order valence-corrected chi connectivity index (χ4v) is 9.04. The van der Waals surface area contributed by atoms with Crippen LogP contribution >= 0.6 is 11.6 Å². The first-order chi connectivity index (χ1) is 27.1. The second-order valence-corrected chi connectivity index (χ2v) is 19.6. The molecular formula is C38H48ClN9O7S2. The van der Waals surface area contributed by atoms with Crippen molar-refractivity contribution in [2.45, 2.75) is 58.3 Å². The third-order valence-electron chi connectivity index (χ3n) is 10.3. The van der Waals surface area contributed by atoms with Crippen LogP contribution < -0.4 is 20.7 Å². The molecule has 57 heavy (non-hydrogen) atoms. The van der Waals surface area contributed by atoms with Gasteiger partial charge in [-0.2, -0.15) is 0 Å². The van der Waals surface area contributed by atoms with Crippen molar-refractivity contribution in [3.8, 4) is 5.75 Å². The number of para-hydroxylation sites is 1. The predicted octanol–water partition coefficient (Wildman–Crippen LogP) is 3.94. The number of anilines is 2. The Kier molecular flexibility index (Phi) is 13.0. The van der Waals surface area contributed by atoms with Gasteiger partial charge in [0.05, 0.1) is 35.1 Å². The first-order valence-electron chi connectivity index (χ1n) is 18.8. The molecule has 1 aromatic carbocycles. The maximum absolute atomic E-state index is 12.8. The lowest BCUT2D eigenvalue weighted by atomic mass is 9.86. The van der Waals surface area contributed by atoms with Crippen LogP contribution in [0.15, 0.2) is 30.9 Å². The van der Waals surface area contributed by atoms with Crippen LogP contribution in [0.2, 0.25) is 5.15 Å². The standard InChI is InChI=1S/C23H29N5O4S.C15H19ClN4O3S/c1-14-6-4-7-18(32-2)20(14)28-22-19-16-12-15(23(29)24-10-5-11-33(3,30)31)8-9-17(16)27-21(19)25-13-26-22;1-24(22,23)6-2-5-17-15(21)9-3-4-11-10(7-9)12-13(16)18-8-19-14(12)20-11/h4,6-7,13,15H,5,8-12H2,1-3H3,(H,24,29)(H2,25,26,27,28);8-9H,2-7H2,1H3,(H,17,21)(H,18,19,20). The average Bonchev–Trinajstić information content (AvgIpc) is 3.74. The average molecular weight is 842 g/mol. The smallest absolute Gasteiger partial charge is 0.223 e. The molecule has 0 aliphatic heterocycles. The molecule has 0 bridgehead atoms. The molecule has 5 aromatic rings. The molecule has 4 heterocycles. The van der Waals surface area contributed by atoms with Crippen LogP contribution in [0.25, 0.3) is 22.1 Å². The summed E-state index contributed by atoms with van der Waals surface area (Å²) < 4.78 is 50.3. The van der Waals surface area contributed by atoms with E-state index in [1.807, 2.05) is 25.1 Å². The van der Waals surface area contributed by atoms with Crippen LogP contribution in [0, 0.1) is 18.8 Å². The third-order valence-corrected chi connectivity index (χ3v) is 12.7. The number of aromatic amines is 2. The summed E-state index contributed by atoms with van der Waals surface area (Å²) in [5, 5.41) is 11.2. The molecule has 2 aliphatic carbocycles. The highest BCUT2D eigenvalue weighted by Gasteiger charge is 2.30. The summed E-state index contributed by atoms with van der Waals surface area (Å²) in [4.78, 5) is 48.9. The number of benzene rings is 1. The van der Waals surface area contributed by atoms with E-state index in [2.05, 4.69) is 45.9 Å². The molecule has 7 rings (SSSR count). The zero-order valence-corrected chi connectivity index (χ0v) is 34.8. The lowest BCUT2D eigenvalue weighted by Crippen LogP contribution is -2.35. The largest absolute Gasteiger partial charge is 0.495 e. The van der Waals surface area contributed by atoms with Crippen molar-refractivity contribution in [1.82, 2.24) is 40.5 Å². The van der Waals surface area contributed by atoms with Crippen LogP contribution in [-0.4, -0.2) is 103 Å². The number of nitrogens with one attached hydrogen (secondary N) is 5. The van der Waals surface area contributed by atoms with Gasteiger partial charge in [-0.15, -0.1) is 0 Å². The van der Waals surface area contributed by atoms with Crippen molar-refractivity contribution in [2.24, 2.45) is 11.8 Å². The molecule has 2 unspecified atom stereocenters. The maximum atomic E-state index is 12.8. The van der Waals surface area contributed by atoms with Crippen molar-refractivity contribution in [3.05, 3.63) is 64.1 Å². The summed E-state index contributed by atoms with van der Waals surface area (Å²) in [6, 6.07) is 5.83.